The number of aromatic nitrogens is 3. The van der Waals surface area contributed by atoms with E-state index in [-0.39, 0.29) is 5.96 Å². The summed E-state index contributed by atoms with van der Waals surface area (Å²) in [6.07, 6.45) is 4.83. The first-order chi connectivity index (χ1) is 13.7. The fourth-order valence-electron chi connectivity index (χ4n) is 2.85. The second-order valence-electron chi connectivity index (χ2n) is 6.28. The summed E-state index contributed by atoms with van der Waals surface area (Å²) in [5.74, 6) is 0.108. The van der Waals surface area contributed by atoms with Crippen LogP contribution in [0.1, 0.15) is 11.1 Å². The topological polar surface area (TPSA) is 133 Å². The number of guanidine groups is 1. The molecule has 0 amide bonds. The molecule has 1 aromatic heterocycles. The van der Waals surface area contributed by atoms with Gasteiger partial charge >= 0.3 is 0 Å². The van der Waals surface area contributed by atoms with E-state index in [1.807, 2.05) is 36.5 Å². The van der Waals surface area contributed by atoms with Crippen molar-refractivity contribution in [3.8, 4) is 16.9 Å². The zero-order valence-corrected chi connectivity index (χ0v) is 15.6. The van der Waals surface area contributed by atoms with E-state index >= 15 is 0 Å². The normalized spacial score (nSPS) is 11.0. The number of nitrogens with two attached hydrogens (primary N) is 3. The van der Waals surface area contributed by atoms with E-state index in [4.69, 9.17) is 17.2 Å². The molecule has 0 radical (unpaired) electrons. The molecule has 8 nitrogen and oxygen atoms in total. The van der Waals surface area contributed by atoms with Gasteiger partial charge in [-0.25, -0.2) is 4.68 Å². The Labute approximate surface area is 163 Å². The smallest absolute Gasteiger partial charge is 0.185 e. The minimum Gasteiger partial charge on any atom is -0.390 e. The van der Waals surface area contributed by atoms with Crippen LogP contribution in [0.25, 0.3) is 16.9 Å². The zero-order valence-electron chi connectivity index (χ0n) is 15.6. The summed E-state index contributed by atoms with van der Waals surface area (Å²) in [6, 6.07) is 16.3. The van der Waals surface area contributed by atoms with Crippen molar-refractivity contribution < 1.29 is 0 Å². The molecule has 28 heavy (non-hydrogen) atoms. The lowest BCUT2D eigenvalue weighted by atomic mass is 10.1. The highest BCUT2D eigenvalue weighted by molar-refractivity contribution is 5.75. The van der Waals surface area contributed by atoms with Crippen molar-refractivity contribution in [2.24, 2.45) is 27.2 Å². The van der Waals surface area contributed by atoms with Crippen molar-refractivity contribution in [2.75, 3.05) is 13.1 Å². The minimum absolute atomic E-state index is 0.108. The van der Waals surface area contributed by atoms with E-state index in [2.05, 4.69) is 38.5 Å². The Kier molecular flexibility index (Phi) is 6.35. The van der Waals surface area contributed by atoms with Gasteiger partial charge in [0.15, 0.2) is 5.96 Å². The van der Waals surface area contributed by atoms with Crippen LogP contribution in [0, 0.1) is 0 Å². The van der Waals surface area contributed by atoms with Gasteiger partial charge < -0.3 is 17.2 Å². The van der Waals surface area contributed by atoms with Gasteiger partial charge in [0.25, 0.3) is 0 Å². The summed E-state index contributed by atoms with van der Waals surface area (Å²) in [7, 11) is 0. The maximum Gasteiger partial charge on any atom is 0.185 e. The van der Waals surface area contributed by atoms with Crippen LogP contribution in [0.5, 0.6) is 0 Å². The fourth-order valence-corrected chi connectivity index (χ4v) is 2.85. The lowest BCUT2D eigenvalue weighted by Crippen LogP contribution is -2.23. The third kappa shape index (κ3) is 5.16. The number of rotatable bonds is 8. The molecule has 0 saturated carbocycles. The average Bonchev–Trinajstić information content (AvgIpc) is 3.19. The van der Waals surface area contributed by atoms with Crippen LogP contribution >= 0.6 is 0 Å². The molecule has 3 aromatic rings. The van der Waals surface area contributed by atoms with Crippen LogP contribution < -0.4 is 17.2 Å². The van der Waals surface area contributed by atoms with E-state index in [0.717, 1.165) is 35.3 Å². The van der Waals surface area contributed by atoms with E-state index in [1.165, 1.54) is 11.9 Å². The van der Waals surface area contributed by atoms with Crippen molar-refractivity contribution in [3.05, 3.63) is 65.9 Å². The van der Waals surface area contributed by atoms with Gasteiger partial charge in [-0.1, -0.05) is 35.5 Å². The summed E-state index contributed by atoms with van der Waals surface area (Å²) < 4.78 is 1.77. The number of hydrogen-bond donors (Lipinski definition) is 3. The van der Waals surface area contributed by atoms with Crippen LogP contribution in [0.3, 0.4) is 0 Å². The van der Waals surface area contributed by atoms with Gasteiger partial charge in [-0.15, -0.1) is 5.10 Å². The summed E-state index contributed by atoms with van der Waals surface area (Å²) in [4.78, 5) is 8.07. The molecule has 0 saturated heterocycles. The highest BCUT2D eigenvalue weighted by Crippen LogP contribution is 2.20. The predicted molar refractivity (Wildman–Crippen MR) is 112 cm³/mol. The second kappa shape index (κ2) is 9.31. The standard InChI is InChI=1S/C20H24N8/c21-14-24-9-7-16-4-2-6-18(12-16)28-13-19(26-27-28)17-5-1-3-15(11-17)8-10-25-20(22)23/h1-6,11-14H,7-10H2,(H2,21,24)(H4,22,23,25). The molecule has 0 aliphatic rings. The molecule has 144 valence electrons. The SMILES string of the molecule is NC=NCCc1cccc(-n2cc(-c3cccc(CCN=C(N)N)c3)nn2)c1. The van der Waals surface area contributed by atoms with Crippen LogP contribution in [-0.2, 0) is 12.8 Å². The van der Waals surface area contributed by atoms with Gasteiger partial charge in [0.05, 0.1) is 18.2 Å². The van der Waals surface area contributed by atoms with Gasteiger partial charge in [-0.3, -0.25) is 9.98 Å². The average molecular weight is 376 g/mol. The summed E-state index contributed by atoms with van der Waals surface area (Å²) in [5, 5.41) is 8.60. The first-order valence-corrected chi connectivity index (χ1v) is 9.02. The fraction of sp³-hybridized carbons (Fsp3) is 0.200. The Morgan fingerprint density at radius 3 is 2.54 bits per heavy atom. The Bertz CT molecular complexity index is 970. The first-order valence-electron chi connectivity index (χ1n) is 9.02. The third-order valence-corrected chi connectivity index (χ3v) is 4.22. The molecule has 3 rings (SSSR count). The molecule has 0 aliphatic carbocycles. The molecule has 0 fully saturated rings. The molecule has 8 heteroatoms. The molecule has 0 bridgehead atoms. The quantitative estimate of drug-likeness (QED) is 0.402. The predicted octanol–water partition coefficient (Wildman–Crippen LogP) is 1.28. The van der Waals surface area contributed by atoms with Gasteiger partial charge in [0, 0.05) is 18.7 Å². The molecule has 6 N–H and O–H groups in total. The van der Waals surface area contributed by atoms with Crippen molar-refractivity contribution in [2.45, 2.75) is 12.8 Å². The molecule has 0 unspecified atom stereocenters. The van der Waals surface area contributed by atoms with E-state index in [0.29, 0.717) is 13.1 Å². The van der Waals surface area contributed by atoms with Gasteiger partial charge in [-0.2, -0.15) is 0 Å². The molecule has 0 spiro atoms. The van der Waals surface area contributed by atoms with Gasteiger partial charge in [0.2, 0.25) is 0 Å². The van der Waals surface area contributed by atoms with E-state index in [1.54, 1.807) is 4.68 Å². The lowest BCUT2D eigenvalue weighted by molar-refractivity contribution is 0.801. The van der Waals surface area contributed by atoms with E-state index < -0.39 is 0 Å². The Morgan fingerprint density at radius 2 is 1.75 bits per heavy atom. The zero-order chi connectivity index (χ0) is 19.8. The van der Waals surface area contributed by atoms with E-state index in [9.17, 15) is 0 Å². The van der Waals surface area contributed by atoms with Crippen LogP contribution in [-0.4, -0.2) is 40.4 Å². The molecule has 0 atom stereocenters. The number of benzene rings is 2. The van der Waals surface area contributed by atoms with Crippen LogP contribution in [0.2, 0.25) is 0 Å². The van der Waals surface area contributed by atoms with Crippen molar-refractivity contribution in [1.82, 2.24) is 15.0 Å². The number of aliphatic imine (C=N–C) groups is 2. The summed E-state index contributed by atoms with van der Waals surface area (Å²) in [5.41, 5.74) is 21.1. The lowest BCUT2D eigenvalue weighted by Gasteiger charge is -2.04. The van der Waals surface area contributed by atoms with Gasteiger partial charge in [0.1, 0.15) is 5.69 Å². The third-order valence-electron chi connectivity index (χ3n) is 4.22. The number of hydrogen-bond acceptors (Lipinski definition) is 4. The molecule has 0 aliphatic heterocycles. The highest BCUT2D eigenvalue weighted by atomic mass is 15.4. The Balaban J connectivity index is 1.75. The van der Waals surface area contributed by atoms with Gasteiger partial charge in [-0.05, 0) is 42.2 Å². The van der Waals surface area contributed by atoms with Crippen LogP contribution in [0.4, 0.5) is 0 Å². The molecule has 2 aromatic carbocycles. The molecular weight excluding hydrogens is 352 g/mol. The van der Waals surface area contributed by atoms with Crippen molar-refractivity contribution in [3.63, 3.8) is 0 Å². The Morgan fingerprint density at radius 1 is 1.00 bits per heavy atom. The molecular formula is C20H24N8. The summed E-state index contributed by atoms with van der Waals surface area (Å²) in [6.45, 7) is 1.22. The summed E-state index contributed by atoms with van der Waals surface area (Å²) >= 11 is 0. The molecule has 1 heterocycles. The second-order valence-corrected chi connectivity index (χ2v) is 6.28. The minimum atomic E-state index is 0.108. The van der Waals surface area contributed by atoms with Crippen molar-refractivity contribution in [1.29, 1.82) is 0 Å². The monoisotopic (exact) mass is 376 g/mol. The highest BCUT2D eigenvalue weighted by Gasteiger charge is 2.07. The first kappa shape index (κ1) is 19.1. The largest absolute Gasteiger partial charge is 0.390 e. The Hall–Kier alpha value is -3.68. The number of nitrogens with zero attached hydrogens (tertiary/aromatic N) is 5. The van der Waals surface area contributed by atoms with Crippen molar-refractivity contribution >= 4 is 12.3 Å². The maximum absolute atomic E-state index is 5.37. The maximum atomic E-state index is 5.37. The van der Waals surface area contributed by atoms with Crippen LogP contribution in [0.15, 0.2) is 64.7 Å².